The van der Waals surface area contributed by atoms with Gasteiger partial charge in [0.2, 0.25) is 31.9 Å². The molecule has 26 nitrogen and oxygen atoms in total. The Morgan fingerprint density at radius 3 is 1.11 bits per heavy atom. The van der Waals surface area contributed by atoms with Crippen LogP contribution in [-0.2, 0) is 63.3 Å². The number of ether oxygens (including phenoxy) is 6. The molecule has 0 amide bonds. The van der Waals surface area contributed by atoms with E-state index in [9.17, 15) is 33.7 Å². The van der Waals surface area contributed by atoms with Crippen LogP contribution in [0.5, 0.6) is 23.0 Å². The molecule has 4 heterocycles. The van der Waals surface area contributed by atoms with Crippen molar-refractivity contribution < 1.29 is 62.1 Å². The molecule has 0 unspecified atom stereocenters. The first-order valence-electron chi connectivity index (χ1n) is 23.2. The van der Waals surface area contributed by atoms with Crippen LogP contribution in [0.15, 0.2) is 107 Å². The van der Waals surface area contributed by atoms with E-state index in [1.165, 1.54) is 88.2 Å². The molecule has 0 spiro atoms. The van der Waals surface area contributed by atoms with E-state index < -0.39 is 63.4 Å². The standard InChI is InChI=1S/2C24H27ClN6O7S2/c2*1-30-12-11-17(28-30)23-26-27-24(31(23)22-18(36-2)7-6-8-19(22)37-3)29-40(34,35)14-20(38-4)16-10-9-15(25)13-21(16)39(5,32)33/h2*6-13,20H,14H2,1-5H3,(H,27,29)/t2*20-/m10/s1. The number of rotatable bonds is 22. The highest BCUT2D eigenvalue weighted by Crippen LogP contribution is 2.40. The molecule has 80 heavy (non-hydrogen) atoms. The second-order valence-electron chi connectivity index (χ2n) is 17.3. The van der Waals surface area contributed by atoms with Crippen molar-refractivity contribution in [2.24, 2.45) is 14.1 Å². The van der Waals surface area contributed by atoms with Gasteiger partial charge in [0, 0.05) is 74.4 Å². The summed E-state index contributed by atoms with van der Waals surface area (Å²) in [7, 11) is -4.12. The van der Waals surface area contributed by atoms with Crippen molar-refractivity contribution in [3.05, 3.63) is 118 Å². The van der Waals surface area contributed by atoms with Gasteiger partial charge in [0.25, 0.3) is 0 Å². The van der Waals surface area contributed by atoms with Crippen molar-refractivity contribution in [2.45, 2.75) is 22.0 Å². The van der Waals surface area contributed by atoms with Gasteiger partial charge in [-0.15, -0.1) is 20.4 Å². The van der Waals surface area contributed by atoms with Crippen LogP contribution in [0.2, 0.25) is 10.0 Å². The normalized spacial score (nSPS) is 12.8. The summed E-state index contributed by atoms with van der Waals surface area (Å²) in [6.07, 6.45) is 3.09. The zero-order valence-electron chi connectivity index (χ0n) is 44.4. The number of nitrogens with one attached hydrogen (secondary N) is 2. The maximum Gasteiger partial charge on any atom is 0.243 e. The molecule has 0 aliphatic carbocycles. The van der Waals surface area contributed by atoms with Crippen molar-refractivity contribution in [1.82, 2.24) is 49.1 Å². The van der Waals surface area contributed by atoms with Crippen molar-refractivity contribution in [3.8, 4) is 57.4 Å². The molecule has 2 N–H and O–H groups in total. The Morgan fingerprint density at radius 2 is 0.838 bits per heavy atom. The fourth-order valence-electron chi connectivity index (χ4n) is 8.15. The number of nitrogens with zero attached hydrogens (tertiary/aromatic N) is 10. The molecular weight excluding hydrogens is 1170 g/mol. The lowest BCUT2D eigenvalue weighted by Gasteiger charge is -2.20. The lowest BCUT2D eigenvalue weighted by Crippen LogP contribution is -2.25. The number of hydrogen-bond donors (Lipinski definition) is 2. The largest absolute Gasteiger partial charge is 0.494 e. The number of halogens is 2. The van der Waals surface area contributed by atoms with E-state index in [4.69, 9.17) is 51.6 Å². The van der Waals surface area contributed by atoms with Crippen LogP contribution in [0.25, 0.3) is 34.4 Å². The van der Waals surface area contributed by atoms with E-state index in [1.807, 2.05) is 0 Å². The van der Waals surface area contributed by atoms with Crippen LogP contribution in [0, 0.1) is 0 Å². The number of aryl methyl sites for hydroxylation is 2. The summed E-state index contributed by atoms with van der Waals surface area (Å²) in [6.45, 7) is 0. The fraction of sp³-hybridized carbons (Fsp3) is 0.292. The van der Waals surface area contributed by atoms with Gasteiger partial charge >= 0.3 is 0 Å². The first-order chi connectivity index (χ1) is 37.8. The number of anilines is 2. The predicted molar refractivity (Wildman–Crippen MR) is 297 cm³/mol. The molecule has 0 aliphatic rings. The van der Waals surface area contributed by atoms with E-state index >= 15 is 0 Å². The summed E-state index contributed by atoms with van der Waals surface area (Å²) in [5.41, 5.74) is 1.75. The Balaban J connectivity index is 0.000000231. The first kappa shape index (κ1) is 60.3. The van der Waals surface area contributed by atoms with Crippen LogP contribution in [0.3, 0.4) is 0 Å². The summed E-state index contributed by atoms with van der Waals surface area (Å²) in [6, 6.07) is 21.8. The molecule has 4 aromatic heterocycles. The molecule has 0 fully saturated rings. The number of hydrogen-bond acceptors (Lipinski definition) is 20. The number of sulfonamides is 2. The molecule has 0 saturated heterocycles. The third-order valence-corrected chi connectivity index (χ3v) is 17.0. The van der Waals surface area contributed by atoms with Crippen LogP contribution < -0.4 is 28.4 Å². The highest BCUT2D eigenvalue weighted by atomic mass is 35.5. The van der Waals surface area contributed by atoms with Gasteiger partial charge < -0.3 is 28.4 Å². The Bertz CT molecular complexity index is 3720. The van der Waals surface area contributed by atoms with Crippen LogP contribution in [0.1, 0.15) is 23.3 Å². The van der Waals surface area contributed by atoms with E-state index in [0.29, 0.717) is 45.8 Å². The lowest BCUT2D eigenvalue weighted by atomic mass is 10.1. The third kappa shape index (κ3) is 13.6. The predicted octanol–water partition coefficient (Wildman–Crippen LogP) is 5.74. The minimum absolute atomic E-state index is 0.138. The number of aromatic nitrogens is 10. The highest BCUT2D eigenvalue weighted by Gasteiger charge is 2.32. The first-order valence-corrected chi connectivity index (χ1v) is 31.0. The summed E-state index contributed by atoms with van der Waals surface area (Å²) in [4.78, 5) is -0.275. The molecule has 0 bridgehead atoms. The number of benzene rings is 4. The van der Waals surface area contributed by atoms with Crippen LogP contribution >= 0.6 is 23.2 Å². The van der Waals surface area contributed by atoms with Crippen LogP contribution in [0.4, 0.5) is 11.9 Å². The van der Waals surface area contributed by atoms with E-state index in [-0.39, 0.29) is 54.5 Å². The van der Waals surface area contributed by atoms with Gasteiger partial charge in [-0.25, -0.2) is 33.7 Å². The summed E-state index contributed by atoms with van der Waals surface area (Å²) >= 11 is 12.0. The molecule has 2 atom stereocenters. The monoisotopic (exact) mass is 1220 g/mol. The van der Waals surface area contributed by atoms with Gasteiger partial charge in [-0.05, 0) is 60.7 Å². The summed E-state index contributed by atoms with van der Waals surface area (Å²) < 4.78 is 147. The van der Waals surface area contributed by atoms with Crippen LogP contribution in [-0.4, -0.2) is 149 Å². The fourth-order valence-corrected chi connectivity index (χ4v) is 13.0. The number of methoxy groups -OCH3 is 6. The van der Waals surface area contributed by atoms with Gasteiger partial charge in [0.15, 0.2) is 31.3 Å². The number of para-hydroxylation sites is 2. The molecule has 8 aromatic rings. The molecule has 4 aromatic carbocycles. The quantitative estimate of drug-likeness (QED) is 0.0817. The van der Waals surface area contributed by atoms with Gasteiger partial charge in [0.1, 0.15) is 45.8 Å². The smallest absolute Gasteiger partial charge is 0.243 e. The molecular formula is C48H54Cl2N12O14S4. The van der Waals surface area contributed by atoms with Gasteiger partial charge in [0.05, 0.1) is 61.9 Å². The Labute approximate surface area is 471 Å². The van der Waals surface area contributed by atoms with E-state index in [0.717, 1.165) is 12.5 Å². The topological polar surface area (TPSA) is 313 Å². The molecule has 0 radical (unpaired) electrons. The number of sulfone groups is 2. The van der Waals surface area contributed by atoms with Gasteiger partial charge in [-0.1, -0.05) is 47.5 Å². The van der Waals surface area contributed by atoms with Gasteiger partial charge in [-0.2, -0.15) is 10.2 Å². The lowest BCUT2D eigenvalue weighted by molar-refractivity contribution is 0.119. The van der Waals surface area contributed by atoms with Crippen molar-refractivity contribution in [2.75, 3.05) is 76.1 Å². The molecule has 32 heteroatoms. The average molecular weight is 1220 g/mol. The van der Waals surface area contributed by atoms with Gasteiger partial charge in [-0.3, -0.25) is 27.9 Å². The third-order valence-electron chi connectivity index (χ3n) is 11.7. The zero-order chi connectivity index (χ0) is 58.5. The summed E-state index contributed by atoms with van der Waals surface area (Å²) in [5, 5.41) is 25.7. The molecule has 0 aliphatic heterocycles. The van der Waals surface area contributed by atoms with Crippen molar-refractivity contribution in [3.63, 3.8) is 0 Å². The molecule has 8 rings (SSSR count). The highest BCUT2D eigenvalue weighted by molar-refractivity contribution is 7.93. The maximum absolute atomic E-state index is 13.5. The second-order valence-corrected chi connectivity index (χ2v) is 25.6. The molecule has 428 valence electrons. The maximum atomic E-state index is 13.5. The van der Waals surface area contributed by atoms with E-state index in [2.05, 4.69) is 40.0 Å². The average Bonchev–Trinajstić information content (AvgIpc) is 4.38. The Morgan fingerprint density at radius 1 is 0.500 bits per heavy atom. The Hall–Kier alpha value is -7.32. The Kier molecular flexibility index (Phi) is 18.5. The minimum Gasteiger partial charge on any atom is -0.494 e. The molecule has 0 saturated carbocycles. The van der Waals surface area contributed by atoms with E-state index in [1.54, 1.807) is 84.4 Å². The zero-order valence-corrected chi connectivity index (χ0v) is 49.2. The minimum atomic E-state index is -4.23. The summed E-state index contributed by atoms with van der Waals surface area (Å²) in [5.74, 6) is 0.163. The van der Waals surface area contributed by atoms with Crippen molar-refractivity contribution in [1.29, 1.82) is 0 Å². The van der Waals surface area contributed by atoms with Crippen molar-refractivity contribution >= 4 is 74.8 Å². The SMILES string of the molecule is COc1cccc(OC)c1-n1c(NS(=O)(=O)C[C@@H](OC)c2ccc(Cl)cc2S(C)(=O)=O)nnc1-c1ccn(C)n1.COc1cccc(OC)c1-n1c(NS(=O)(=O)C[C@H](OC)c2ccc(Cl)cc2S(C)(=O)=O)nnc1-c1ccn(C)n1. The second kappa shape index (κ2) is 24.6.